The van der Waals surface area contributed by atoms with Gasteiger partial charge in [-0.05, 0) is 31.2 Å². The van der Waals surface area contributed by atoms with E-state index in [1.807, 2.05) is 18.5 Å². The number of aromatic nitrogens is 2. The molecule has 1 atom stereocenters. The summed E-state index contributed by atoms with van der Waals surface area (Å²) in [6.07, 6.45) is 4.58. The first kappa shape index (κ1) is 15.2. The quantitative estimate of drug-likeness (QED) is 0.869. The Bertz CT molecular complexity index is 568. The molecule has 0 aliphatic rings. The number of hydrogen-bond acceptors (Lipinski definition) is 2. The van der Waals surface area contributed by atoms with Crippen LogP contribution in [-0.2, 0) is 13.0 Å². The number of benzene rings is 1. The van der Waals surface area contributed by atoms with Crippen LogP contribution >= 0.6 is 15.9 Å². The van der Waals surface area contributed by atoms with E-state index in [-0.39, 0.29) is 11.9 Å². The fraction of sp³-hybridized carbons (Fsp3) is 0.400. The van der Waals surface area contributed by atoms with Crippen LogP contribution in [0, 0.1) is 5.82 Å². The minimum atomic E-state index is -0.231. The predicted octanol–water partition coefficient (Wildman–Crippen LogP) is 3.70. The molecule has 0 bridgehead atoms. The molecule has 0 aliphatic carbocycles. The van der Waals surface area contributed by atoms with Crippen molar-refractivity contribution >= 4 is 15.9 Å². The highest BCUT2D eigenvalue weighted by Gasteiger charge is 2.17. The number of rotatable bonds is 6. The average molecular weight is 340 g/mol. The maximum atomic E-state index is 13.2. The molecule has 5 heteroatoms. The first-order valence-electron chi connectivity index (χ1n) is 6.84. The maximum absolute atomic E-state index is 13.2. The summed E-state index contributed by atoms with van der Waals surface area (Å²) in [6, 6.07) is 4.94. The zero-order chi connectivity index (χ0) is 14.5. The van der Waals surface area contributed by atoms with Crippen molar-refractivity contribution in [3.63, 3.8) is 0 Å². The Morgan fingerprint density at radius 2 is 2.20 bits per heavy atom. The third-order valence-corrected chi connectivity index (χ3v) is 4.00. The summed E-state index contributed by atoms with van der Waals surface area (Å²) < 4.78 is 16.1. The van der Waals surface area contributed by atoms with E-state index in [1.165, 1.54) is 12.1 Å². The molecule has 2 aromatic rings. The summed E-state index contributed by atoms with van der Waals surface area (Å²) in [5, 5.41) is 3.44. The minimum absolute atomic E-state index is 0.114. The molecule has 1 N–H and O–H groups in total. The largest absolute Gasteiger partial charge is 0.335 e. The maximum Gasteiger partial charge on any atom is 0.124 e. The van der Waals surface area contributed by atoms with Gasteiger partial charge in [0.05, 0.1) is 0 Å². The van der Waals surface area contributed by atoms with Crippen molar-refractivity contribution in [1.82, 2.24) is 14.9 Å². The number of likely N-dealkylation sites (N-methyl/N-ethyl adjacent to an activating group) is 1. The summed E-state index contributed by atoms with van der Waals surface area (Å²) in [7, 11) is 0. The second-order valence-corrected chi connectivity index (χ2v) is 5.46. The van der Waals surface area contributed by atoms with Crippen LogP contribution in [-0.4, -0.2) is 16.1 Å². The molecule has 0 amide bonds. The first-order valence-corrected chi connectivity index (χ1v) is 7.63. The number of imidazole rings is 1. The highest BCUT2D eigenvalue weighted by Crippen LogP contribution is 2.26. The van der Waals surface area contributed by atoms with Crippen molar-refractivity contribution in [3.05, 3.63) is 52.3 Å². The molecule has 2 rings (SSSR count). The zero-order valence-corrected chi connectivity index (χ0v) is 13.3. The second kappa shape index (κ2) is 6.99. The van der Waals surface area contributed by atoms with Crippen molar-refractivity contribution in [1.29, 1.82) is 0 Å². The van der Waals surface area contributed by atoms with Crippen LogP contribution in [0.5, 0.6) is 0 Å². The van der Waals surface area contributed by atoms with Crippen LogP contribution < -0.4 is 5.32 Å². The van der Waals surface area contributed by atoms with E-state index >= 15 is 0 Å². The first-order chi connectivity index (χ1) is 9.65. The third kappa shape index (κ3) is 3.46. The Hall–Kier alpha value is -1.20. The van der Waals surface area contributed by atoms with E-state index < -0.39 is 0 Å². The lowest BCUT2D eigenvalue weighted by Gasteiger charge is -2.20. The molecule has 1 heterocycles. The number of aryl methyl sites for hydroxylation is 1. The van der Waals surface area contributed by atoms with E-state index in [0.717, 1.165) is 35.4 Å². The summed E-state index contributed by atoms with van der Waals surface area (Å²) in [4.78, 5) is 4.42. The summed E-state index contributed by atoms with van der Waals surface area (Å²) in [6.45, 7) is 5.91. The normalized spacial score (nSPS) is 12.6. The summed E-state index contributed by atoms with van der Waals surface area (Å²) in [5.41, 5.74) is 1.05. The predicted molar refractivity (Wildman–Crippen MR) is 82.1 cm³/mol. The van der Waals surface area contributed by atoms with Crippen LogP contribution in [0.25, 0.3) is 0 Å². The molecule has 0 fully saturated rings. The van der Waals surface area contributed by atoms with Crippen molar-refractivity contribution in [3.8, 4) is 0 Å². The zero-order valence-electron chi connectivity index (χ0n) is 11.7. The molecule has 0 saturated heterocycles. The molecule has 1 aromatic carbocycles. The van der Waals surface area contributed by atoms with Gasteiger partial charge in [0.1, 0.15) is 11.6 Å². The van der Waals surface area contributed by atoms with Crippen LogP contribution in [0.4, 0.5) is 4.39 Å². The van der Waals surface area contributed by atoms with Gasteiger partial charge >= 0.3 is 0 Å². The topological polar surface area (TPSA) is 29.9 Å². The molecule has 20 heavy (non-hydrogen) atoms. The number of nitrogens with one attached hydrogen (secondary N) is 1. The van der Waals surface area contributed by atoms with Crippen molar-refractivity contribution in [2.45, 2.75) is 32.9 Å². The van der Waals surface area contributed by atoms with E-state index in [2.05, 4.69) is 44.6 Å². The molecule has 0 saturated carbocycles. The monoisotopic (exact) mass is 339 g/mol. The van der Waals surface area contributed by atoms with Gasteiger partial charge in [-0.15, -0.1) is 0 Å². The van der Waals surface area contributed by atoms with Gasteiger partial charge in [-0.1, -0.05) is 28.9 Å². The van der Waals surface area contributed by atoms with Crippen molar-refractivity contribution in [2.24, 2.45) is 0 Å². The fourth-order valence-electron chi connectivity index (χ4n) is 2.32. The van der Waals surface area contributed by atoms with E-state index in [4.69, 9.17) is 0 Å². The lowest BCUT2D eigenvalue weighted by atomic mass is 10.0. The van der Waals surface area contributed by atoms with E-state index in [1.54, 1.807) is 0 Å². The molecule has 1 unspecified atom stereocenters. The molecular weight excluding hydrogens is 321 g/mol. The van der Waals surface area contributed by atoms with E-state index in [9.17, 15) is 4.39 Å². The molecule has 3 nitrogen and oxygen atoms in total. The molecule has 1 aromatic heterocycles. The minimum Gasteiger partial charge on any atom is -0.335 e. The van der Waals surface area contributed by atoms with Gasteiger partial charge in [0, 0.05) is 35.9 Å². The Balaban J connectivity index is 2.27. The summed E-state index contributed by atoms with van der Waals surface area (Å²) >= 11 is 3.45. The van der Waals surface area contributed by atoms with Gasteiger partial charge in [0.15, 0.2) is 0 Å². The third-order valence-electron chi connectivity index (χ3n) is 3.32. The lowest BCUT2D eigenvalue weighted by Crippen LogP contribution is -2.24. The van der Waals surface area contributed by atoms with Gasteiger partial charge < -0.3 is 9.88 Å². The Morgan fingerprint density at radius 1 is 1.40 bits per heavy atom. The smallest absolute Gasteiger partial charge is 0.124 e. The Labute approximate surface area is 127 Å². The van der Waals surface area contributed by atoms with Gasteiger partial charge in [-0.2, -0.15) is 0 Å². The number of nitrogens with zero attached hydrogens (tertiary/aromatic N) is 2. The van der Waals surface area contributed by atoms with Gasteiger partial charge in [-0.3, -0.25) is 0 Å². The SMILES string of the molecule is CCNC(Cc1nccn1CC)c1ccc(F)cc1Br. The second-order valence-electron chi connectivity index (χ2n) is 4.61. The highest BCUT2D eigenvalue weighted by molar-refractivity contribution is 9.10. The van der Waals surface area contributed by atoms with Gasteiger partial charge in [0.25, 0.3) is 0 Å². The standard InChI is InChI=1S/C15H19BrFN3/c1-3-18-14(10-15-19-7-8-20(15)4-2)12-6-5-11(17)9-13(12)16/h5-9,14,18H,3-4,10H2,1-2H3. The van der Waals surface area contributed by atoms with Crippen LogP contribution in [0.1, 0.15) is 31.3 Å². The van der Waals surface area contributed by atoms with Crippen molar-refractivity contribution < 1.29 is 4.39 Å². The highest BCUT2D eigenvalue weighted by atomic mass is 79.9. The van der Waals surface area contributed by atoms with Gasteiger partial charge in [0.2, 0.25) is 0 Å². The van der Waals surface area contributed by atoms with Crippen LogP contribution in [0.2, 0.25) is 0 Å². The molecule has 108 valence electrons. The Kier molecular flexibility index (Phi) is 5.31. The van der Waals surface area contributed by atoms with E-state index in [0.29, 0.717) is 0 Å². The molecule has 0 aliphatic heterocycles. The molecule has 0 spiro atoms. The average Bonchev–Trinajstić information content (AvgIpc) is 2.85. The van der Waals surface area contributed by atoms with Crippen molar-refractivity contribution in [2.75, 3.05) is 6.54 Å². The molecule has 0 radical (unpaired) electrons. The fourth-order valence-corrected chi connectivity index (χ4v) is 2.95. The number of hydrogen-bond donors (Lipinski definition) is 1. The van der Waals surface area contributed by atoms with Crippen LogP contribution in [0.15, 0.2) is 35.1 Å². The lowest BCUT2D eigenvalue weighted by molar-refractivity contribution is 0.519. The Morgan fingerprint density at radius 3 is 2.85 bits per heavy atom. The number of halogens is 2. The van der Waals surface area contributed by atoms with Crippen LogP contribution in [0.3, 0.4) is 0 Å². The van der Waals surface area contributed by atoms with Gasteiger partial charge in [-0.25, -0.2) is 9.37 Å². The summed E-state index contributed by atoms with van der Waals surface area (Å²) in [5.74, 6) is 0.806. The molecular formula is C15H19BrFN3.